The molecule has 13 heavy (non-hydrogen) atoms. The van der Waals surface area contributed by atoms with Crippen LogP contribution in [-0.4, -0.2) is 0 Å². The van der Waals surface area contributed by atoms with E-state index in [0.29, 0.717) is 5.25 Å². The predicted molar refractivity (Wildman–Crippen MR) is 64.0 cm³/mol. The standard InChI is InChI=1S/C11H12S2/c1-7-9-5-3-4-6-10(9)13-11(7)8(2)12/h3-6,8,12H,1-2H3. The fourth-order valence-corrected chi connectivity index (χ4v) is 3.09. The molecule has 2 aromatic rings. The van der Waals surface area contributed by atoms with Crippen LogP contribution in [0.4, 0.5) is 0 Å². The monoisotopic (exact) mass is 208 g/mol. The van der Waals surface area contributed by atoms with E-state index >= 15 is 0 Å². The summed E-state index contributed by atoms with van der Waals surface area (Å²) in [7, 11) is 0. The molecule has 1 aromatic carbocycles. The summed E-state index contributed by atoms with van der Waals surface area (Å²) in [5.74, 6) is 0. The van der Waals surface area contributed by atoms with Gasteiger partial charge in [-0.3, -0.25) is 0 Å². The van der Waals surface area contributed by atoms with Crippen molar-refractivity contribution in [1.82, 2.24) is 0 Å². The number of hydrogen-bond donors (Lipinski definition) is 1. The fourth-order valence-electron chi connectivity index (χ4n) is 1.59. The molecule has 0 spiro atoms. The van der Waals surface area contributed by atoms with E-state index in [0.717, 1.165) is 0 Å². The molecule has 68 valence electrons. The van der Waals surface area contributed by atoms with Gasteiger partial charge >= 0.3 is 0 Å². The molecule has 2 heteroatoms. The molecule has 0 N–H and O–H groups in total. The highest BCUT2D eigenvalue weighted by Crippen LogP contribution is 2.36. The zero-order valence-corrected chi connectivity index (χ0v) is 9.45. The number of aryl methyl sites for hydroxylation is 1. The van der Waals surface area contributed by atoms with Crippen LogP contribution in [0.15, 0.2) is 24.3 Å². The van der Waals surface area contributed by atoms with Crippen LogP contribution in [0, 0.1) is 6.92 Å². The lowest BCUT2D eigenvalue weighted by atomic mass is 10.1. The van der Waals surface area contributed by atoms with Gasteiger partial charge in [0.1, 0.15) is 0 Å². The highest BCUT2D eigenvalue weighted by molar-refractivity contribution is 7.80. The number of benzene rings is 1. The van der Waals surface area contributed by atoms with Gasteiger partial charge in [-0.05, 0) is 30.9 Å². The lowest BCUT2D eigenvalue weighted by Gasteiger charge is -2.00. The minimum absolute atomic E-state index is 0.345. The number of thiophene rings is 1. The van der Waals surface area contributed by atoms with E-state index < -0.39 is 0 Å². The second-order valence-electron chi connectivity index (χ2n) is 3.26. The summed E-state index contributed by atoms with van der Waals surface area (Å²) >= 11 is 6.33. The van der Waals surface area contributed by atoms with Crippen LogP contribution in [0.1, 0.15) is 22.6 Å². The highest BCUT2D eigenvalue weighted by Gasteiger charge is 2.10. The van der Waals surface area contributed by atoms with Gasteiger partial charge in [0, 0.05) is 14.8 Å². The average Bonchev–Trinajstić information content (AvgIpc) is 2.45. The van der Waals surface area contributed by atoms with Crippen LogP contribution in [0.25, 0.3) is 10.1 Å². The van der Waals surface area contributed by atoms with Crippen LogP contribution in [0.2, 0.25) is 0 Å². The largest absolute Gasteiger partial charge is 0.171 e. The highest BCUT2D eigenvalue weighted by atomic mass is 32.1. The van der Waals surface area contributed by atoms with Gasteiger partial charge < -0.3 is 0 Å². The zero-order valence-electron chi connectivity index (χ0n) is 7.74. The van der Waals surface area contributed by atoms with Gasteiger partial charge in [0.05, 0.1) is 0 Å². The van der Waals surface area contributed by atoms with Gasteiger partial charge in [0.25, 0.3) is 0 Å². The first kappa shape index (κ1) is 9.10. The summed E-state index contributed by atoms with van der Waals surface area (Å²) in [6.07, 6.45) is 0. The van der Waals surface area contributed by atoms with Crippen LogP contribution in [-0.2, 0) is 0 Å². The molecule has 1 atom stereocenters. The van der Waals surface area contributed by atoms with Crippen molar-refractivity contribution < 1.29 is 0 Å². The summed E-state index contributed by atoms with van der Waals surface area (Å²) in [6.45, 7) is 4.31. The Kier molecular flexibility index (Phi) is 2.35. The first-order valence-electron chi connectivity index (χ1n) is 4.36. The first-order valence-corrected chi connectivity index (χ1v) is 5.69. The van der Waals surface area contributed by atoms with E-state index in [9.17, 15) is 0 Å². The van der Waals surface area contributed by atoms with Crippen LogP contribution >= 0.6 is 24.0 Å². The van der Waals surface area contributed by atoms with Crippen LogP contribution < -0.4 is 0 Å². The maximum Gasteiger partial charge on any atom is 0.0348 e. The predicted octanol–water partition coefficient (Wildman–Crippen LogP) is 4.20. The van der Waals surface area contributed by atoms with Crippen molar-refractivity contribution in [2.75, 3.05) is 0 Å². The van der Waals surface area contributed by atoms with E-state index in [1.165, 1.54) is 20.5 Å². The van der Waals surface area contributed by atoms with Crippen molar-refractivity contribution in [3.63, 3.8) is 0 Å². The van der Waals surface area contributed by atoms with Gasteiger partial charge in [0.15, 0.2) is 0 Å². The molecule has 0 aliphatic heterocycles. The lowest BCUT2D eigenvalue weighted by Crippen LogP contribution is -1.80. The Morgan fingerprint density at radius 1 is 1.31 bits per heavy atom. The van der Waals surface area contributed by atoms with Gasteiger partial charge in [-0.25, -0.2) is 0 Å². The molecule has 0 fully saturated rings. The molecule has 1 unspecified atom stereocenters. The summed E-state index contributed by atoms with van der Waals surface area (Å²) in [4.78, 5) is 1.39. The summed E-state index contributed by atoms with van der Waals surface area (Å²) in [6, 6.07) is 8.54. The normalized spacial score (nSPS) is 13.5. The quantitative estimate of drug-likeness (QED) is 0.667. The maximum atomic E-state index is 4.48. The number of hydrogen-bond acceptors (Lipinski definition) is 2. The molecule has 0 aliphatic carbocycles. The van der Waals surface area contributed by atoms with Gasteiger partial charge in [-0.15, -0.1) is 11.3 Å². The SMILES string of the molecule is Cc1c(C(C)S)sc2ccccc12. The van der Waals surface area contributed by atoms with Crippen LogP contribution in [0.5, 0.6) is 0 Å². The molecule has 0 saturated carbocycles. The molecule has 2 rings (SSSR count). The average molecular weight is 208 g/mol. The number of thiol groups is 1. The smallest absolute Gasteiger partial charge is 0.0348 e. The van der Waals surface area contributed by atoms with E-state index in [2.05, 4.69) is 50.7 Å². The van der Waals surface area contributed by atoms with E-state index in [1.54, 1.807) is 0 Å². The Hall–Kier alpha value is -0.470. The van der Waals surface area contributed by atoms with Crippen molar-refractivity contribution in [2.24, 2.45) is 0 Å². The Balaban J connectivity index is 2.74. The molecule has 1 aromatic heterocycles. The third-order valence-corrected chi connectivity index (χ3v) is 4.15. The maximum absolute atomic E-state index is 4.48. The fraction of sp³-hybridized carbons (Fsp3) is 0.273. The molecule has 0 amide bonds. The molecule has 0 radical (unpaired) electrons. The van der Waals surface area contributed by atoms with Gasteiger partial charge in [-0.1, -0.05) is 18.2 Å². The second-order valence-corrected chi connectivity index (χ2v) is 5.12. The molecular weight excluding hydrogens is 196 g/mol. The van der Waals surface area contributed by atoms with E-state index in [4.69, 9.17) is 0 Å². The molecule has 0 nitrogen and oxygen atoms in total. The van der Waals surface area contributed by atoms with Crippen molar-refractivity contribution >= 4 is 34.1 Å². The van der Waals surface area contributed by atoms with Crippen molar-refractivity contribution in [3.8, 4) is 0 Å². The minimum atomic E-state index is 0.345. The van der Waals surface area contributed by atoms with Crippen molar-refractivity contribution in [2.45, 2.75) is 19.1 Å². The lowest BCUT2D eigenvalue weighted by molar-refractivity contribution is 1.13. The minimum Gasteiger partial charge on any atom is -0.171 e. The summed E-state index contributed by atoms with van der Waals surface area (Å²) < 4.78 is 1.37. The third kappa shape index (κ3) is 1.49. The van der Waals surface area contributed by atoms with Crippen molar-refractivity contribution in [1.29, 1.82) is 0 Å². The molecule has 0 saturated heterocycles. The molecule has 0 aliphatic rings. The third-order valence-electron chi connectivity index (χ3n) is 2.26. The van der Waals surface area contributed by atoms with Gasteiger partial charge in [-0.2, -0.15) is 12.6 Å². The van der Waals surface area contributed by atoms with Gasteiger partial charge in [0.2, 0.25) is 0 Å². The summed E-state index contributed by atoms with van der Waals surface area (Å²) in [5.41, 5.74) is 1.39. The first-order chi connectivity index (χ1) is 6.20. The van der Waals surface area contributed by atoms with E-state index in [1.807, 2.05) is 11.3 Å². The van der Waals surface area contributed by atoms with Crippen LogP contribution in [0.3, 0.4) is 0 Å². The Bertz CT molecular complexity index is 427. The van der Waals surface area contributed by atoms with Crippen molar-refractivity contribution in [3.05, 3.63) is 34.7 Å². The summed E-state index contributed by atoms with van der Waals surface area (Å²) in [5, 5.41) is 1.72. The Labute approximate surface area is 88.0 Å². The second kappa shape index (κ2) is 3.35. The topological polar surface area (TPSA) is 0 Å². The Morgan fingerprint density at radius 3 is 2.62 bits per heavy atom. The zero-order chi connectivity index (χ0) is 9.42. The number of rotatable bonds is 1. The van der Waals surface area contributed by atoms with E-state index in [-0.39, 0.29) is 0 Å². The Morgan fingerprint density at radius 2 is 2.00 bits per heavy atom. The molecular formula is C11H12S2. The number of fused-ring (bicyclic) bond motifs is 1. The molecule has 0 bridgehead atoms. The molecule has 1 heterocycles.